The van der Waals surface area contributed by atoms with Crippen molar-refractivity contribution in [2.45, 2.75) is 33.7 Å². The van der Waals surface area contributed by atoms with Crippen LogP contribution in [0.1, 0.15) is 27.7 Å². The van der Waals surface area contributed by atoms with Crippen LogP contribution < -0.4 is 5.32 Å². The summed E-state index contributed by atoms with van der Waals surface area (Å²) in [6.45, 7) is 7.24. The number of hydrogen-bond donors (Lipinski definition) is 1. The highest BCUT2D eigenvalue weighted by Crippen LogP contribution is 1.93. The van der Waals surface area contributed by atoms with E-state index in [1.807, 2.05) is 13.8 Å². The molecule has 0 aliphatic carbocycles. The summed E-state index contributed by atoms with van der Waals surface area (Å²) in [6, 6.07) is -0.00102. The zero-order valence-corrected chi connectivity index (χ0v) is 10.8. The normalized spacial score (nSPS) is 9.94. The maximum absolute atomic E-state index is 11.6. The number of esters is 1. The standard InChI is InChI=1S/C11H20N2O4/c1-5-13(7-9(14)12-8(3)4)10(15)11(16)17-6-2/h8H,5-7H2,1-4H3,(H,12,14). The predicted molar refractivity (Wildman–Crippen MR) is 62.2 cm³/mol. The number of carbonyl (C=O) groups is 3. The van der Waals surface area contributed by atoms with E-state index in [-0.39, 0.29) is 31.6 Å². The Morgan fingerprint density at radius 3 is 2.24 bits per heavy atom. The lowest BCUT2D eigenvalue weighted by molar-refractivity contribution is -0.160. The van der Waals surface area contributed by atoms with Crippen LogP contribution in [0.2, 0.25) is 0 Å². The fourth-order valence-corrected chi connectivity index (χ4v) is 1.19. The monoisotopic (exact) mass is 244 g/mol. The Morgan fingerprint density at radius 1 is 1.24 bits per heavy atom. The maximum Gasteiger partial charge on any atom is 0.397 e. The van der Waals surface area contributed by atoms with Crippen molar-refractivity contribution in [2.24, 2.45) is 0 Å². The van der Waals surface area contributed by atoms with Gasteiger partial charge < -0.3 is 15.0 Å². The van der Waals surface area contributed by atoms with Gasteiger partial charge in [0.25, 0.3) is 0 Å². The van der Waals surface area contributed by atoms with Gasteiger partial charge in [0.15, 0.2) is 0 Å². The molecule has 0 spiro atoms. The predicted octanol–water partition coefficient (Wildman–Crippen LogP) is -0.0774. The van der Waals surface area contributed by atoms with Gasteiger partial charge in [-0.25, -0.2) is 4.79 Å². The molecule has 6 heteroatoms. The molecule has 0 heterocycles. The first-order valence-corrected chi connectivity index (χ1v) is 5.67. The van der Waals surface area contributed by atoms with Crippen LogP contribution >= 0.6 is 0 Å². The van der Waals surface area contributed by atoms with Crippen molar-refractivity contribution in [3.05, 3.63) is 0 Å². The fourth-order valence-electron chi connectivity index (χ4n) is 1.19. The van der Waals surface area contributed by atoms with Gasteiger partial charge in [0, 0.05) is 12.6 Å². The Kier molecular flexibility index (Phi) is 6.93. The molecule has 6 nitrogen and oxygen atoms in total. The lowest BCUT2D eigenvalue weighted by Crippen LogP contribution is -2.45. The number of likely N-dealkylation sites (N-methyl/N-ethyl adjacent to an activating group) is 1. The second-order valence-corrected chi connectivity index (χ2v) is 3.76. The molecule has 0 saturated heterocycles. The molecule has 0 aromatic heterocycles. The van der Waals surface area contributed by atoms with Crippen LogP contribution in [-0.4, -0.2) is 48.4 Å². The van der Waals surface area contributed by atoms with E-state index in [1.54, 1.807) is 13.8 Å². The van der Waals surface area contributed by atoms with Gasteiger partial charge >= 0.3 is 11.9 Å². The van der Waals surface area contributed by atoms with Crippen LogP contribution in [0.15, 0.2) is 0 Å². The lowest BCUT2D eigenvalue weighted by Gasteiger charge is -2.19. The largest absolute Gasteiger partial charge is 0.459 e. The van der Waals surface area contributed by atoms with E-state index in [0.29, 0.717) is 0 Å². The molecule has 0 aromatic rings. The zero-order chi connectivity index (χ0) is 13.4. The third-order valence-electron chi connectivity index (χ3n) is 1.90. The lowest BCUT2D eigenvalue weighted by atomic mass is 10.3. The van der Waals surface area contributed by atoms with Crippen molar-refractivity contribution in [1.29, 1.82) is 0 Å². The van der Waals surface area contributed by atoms with Crippen LogP contribution in [0.5, 0.6) is 0 Å². The molecule has 1 N–H and O–H groups in total. The number of rotatable bonds is 5. The quantitative estimate of drug-likeness (QED) is 0.542. The van der Waals surface area contributed by atoms with Crippen molar-refractivity contribution in [1.82, 2.24) is 10.2 Å². The van der Waals surface area contributed by atoms with Gasteiger partial charge in [0.2, 0.25) is 5.91 Å². The first kappa shape index (κ1) is 15.4. The topological polar surface area (TPSA) is 75.7 Å². The molecule has 98 valence electrons. The van der Waals surface area contributed by atoms with Crippen LogP contribution in [0.25, 0.3) is 0 Å². The van der Waals surface area contributed by atoms with E-state index in [0.717, 1.165) is 4.90 Å². The van der Waals surface area contributed by atoms with E-state index < -0.39 is 11.9 Å². The van der Waals surface area contributed by atoms with Crippen molar-refractivity contribution in [3.8, 4) is 0 Å². The number of ether oxygens (including phenoxy) is 1. The molecule has 2 amide bonds. The molecule has 0 bridgehead atoms. The summed E-state index contributed by atoms with van der Waals surface area (Å²) in [5, 5.41) is 2.65. The summed E-state index contributed by atoms with van der Waals surface area (Å²) >= 11 is 0. The minimum Gasteiger partial charge on any atom is -0.459 e. The van der Waals surface area contributed by atoms with Crippen LogP contribution in [0.4, 0.5) is 0 Å². The Labute approximate surface area is 101 Å². The van der Waals surface area contributed by atoms with Gasteiger partial charge in [0.05, 0.1) is 6.61 Å². The van der Waals surface area contributed by atoms with Gasteiger partial charge in [-0.3, -0.25) is 9.59 Å². The highest BCUT2D eigenvalue weighted by atomic mass is 16.5. The molecule has 0 fully saturated rings. The van der Waals surface area contributed by atoms with Crippen LogP contribution in [-0.2, 0) is 19.1 Å². The van der Waals surface area contributed by atoms with E-state index in [1.165, 1.54) is 0 Å². The summed E-state index contributed by atoms with van der Waals surface area (Å²) in [4.78, 5) is 35.4. The third kappa shape index (κ3) is 5.89. The van der Waals surface area contributed by atoms with Gasteiger partial charge in [-0.15, -0.1) is 0 Å². The van der Waals surface area contributed by atoms with Crippen LogP contribution in [0, 0.1) is 0 Å². The number of nitrogens with zero attached hydrogens (tertiary/aromatic N) is 1. The first-order valence-electron chi connectivity index (χ1n) is 5.67. The van der Waals surface area contributed by atoms with Gasteiger partial charge in [0.1, 0.15) is 6.54 Å². The minimum absolute atomic E-state index is 0.00102. The SMILES string of the molecule is CCOC(=O)C(=O)N(CC)CC(=O)NC(C)C. The summed E-state index contributed by atoms with van der Waals surface area (Å²) in [5.74, 6) is -2.00. The molecule has 0 unspecified atom stereocenters. The number of nitrogens with one attached hydrogen (secondary N) is 1. The van der Waals surface area contributed by atoms with Gasteiger partial charge in [-0.1, -0.05) is 0 Å². The van der Waals surface area contributed by atoms with Gasteiger partial charge in [-0.2, -0.15) is 0 Å². The van der Waals surface area contributed by atoms with E-state index >= 15 is 0 Å². The van der Waals surface area contributed by atoms with Gasteiger partial charge in [-0.05, 0) is 27.7 Å². The highest BCUT2D eigenvalue weighted by molar-refractivity contribution is 6.32. The number of carbonyl (C=O) groups excluding carboxylic acids is 3. The van der Waals surface area contributed by atoms with Crippen molar-refractivity contribution in [3.63, 3.8) is 0 Å². The molecule has 0 radical (unpaired) electrons. The Hall–Kier alpha value is -1.59. The Bertz CT molecular complexity index is 289. The molecule has 0 rings (SSSR count). The molecule has 17 heavy (non-hydrogen) atoms. The van der Waals surface area contributed by atoms with E-state index in [4.69, 9.17) is 0 Å². The zero-order valence-electron chi connectivity index (χ0n) is 10.8. The third-order valence-corrected chi connectivity index (χ3v) is 1.90. The Balaban J connectivity index is 4.37. The van der Waals surface area contributed by atoms with Crippen LogP contribution in [0.3, 0.4) is 0 Å². The first-order chi connectivity index (χ1) is 7.92. The van der Waals surface area contributed by atoms with E-state index in [9.17, 15) is 14.4 Å². The molecule has 0 aromatic carbocycles. The maximum atomic E-state index is 11.6. The molecule has 0 saturated carbocycles. The van der Waals surface area contributed by atoms with Crippen molar-refractivity contribution < 1.29 is 19.1 Å². The summed E-state index contributed by atoms with van der Waals surface area (Å²) in [5.41, 5.74) is 0. The molecule has 0 aliphatic heterocycles. The summed E-state index contributed by atoms with van der Waals surface area (Å²) in [6.07, 6.45) is 0. The molecular weight excluding hydrogens is 224 g/mol. The molecule has 0 atom stereocenters. The van der Waals surface area contributed by atoms with E-state index in [2.05, 4.69) is 10.1 Å². The summed E-state index contributed by atoms with van der Waals surface area (Å²) < 4.78 is 4.59. The molecule has 0 aliphatic rings. The number of amides is 2. The smallest absolute Gasteiger partial charge is 0.397 e. The molecular formula is C11H20N2O4. The summed E-state index contributed by atoms with van der Waals surface area (Å²) in [7, 11) is 0. The second kappa shape index (κ2) is 7.65. The van der Waals surface area contributed by atoms with Crippen molar-refractivity contribution >= 4 is 17.8 Å². The average molecular weight is 244 g/mol. The van der Waals surface area contributed by atoms with Crippen molar-refractivity contribution in [2.75, 3.05) is 19.7 Å². The fraction of sp³-hybridized carbons (Fsp3) is 0.727. The number of hydrogen-bond acceptors (Lipinski definition) is 4. The Morgan fingerprint density at radius 2 is 1.82 bits per heavy atom. The second-order valence-electron chi connectivity index (χ2n) is 3.76. The average Bonchev–Trinajstić information content (AvgIpc) is 2.24. The minimum atomic E-state index is -0.924. The highest BCUT2D eigenvalue weighted by Gasteiger charge is 2.23.